The molecule has 0 aliphatic carbocycles. The van der Waals surface area contributed by atoms with Crippen LogP contribution >= 0.6 is 0 Å². The molecule has 114 valence electrons. The summed E-state index contributed by atoms with van der Waals surface area (Å²) in [6.07, 6.45) is 2.67. The van der Waals surface area contributed by atoms with E-state index >= 15 is 0 Å². The fourth-order valence-corrected chi connectivity index (χ4v) is 2.39. The fourth-order valence-electron chi connectivity index (χ4n) is 1.38. The van der Waals surface area contributed by atoms with E-state index in [1.54, 1.807) is 14.1 Å². The van der Waals surface area contributed by atoms with Gasteiger partial charge in [-0.2, -0.15) is 0 Å². The van der Waals surface area contributed by atoms with Gasteiger partial charge in [-0.1, -0.05) is 11.8 Å². The van der Waals surface area contributed by atoms with Gasteiger partial charge < -0.3 is 10.0 Å². The molecule has 0 fully saturated rings. The zero-order valence-electron chi connectivity index (χ0n) is 11.8. The van der Waals surface area contributed by atoms with E-state index in [2.05, 4.69) is 21.5 Å². The van der Waals surface area contributed by atoms with E-state index in [1.165, 1.54) is 23.4 Å². The van der Waals surface area contributed by atoms with Crippen molar-refractivity contribution < 1.29 is 18.3 Å². The van der Waals surface area contributed by atoms with Crippen molar-refractivity contribution in [1.82, 2.24) is 14.6 Å². The summed E-state index contributed by atoms with van der Waals surface area (Å²) < 4.78 is 26.4. The Hall–Kier alpha value is -1.95. The van der Waals surface area contributed by atoms with E-state index in [0.29, 0.717) is 5.56 Å². The van der Waals surface area contributed by atoms with Crippen LogP contribution in [-0.4, -0.2) is 56.6 Å². The first-order valence-corrected chi connectivity index (χ1v) is 7.59. The van der Waals surface area contributed by atoms with E-state index in [1.807, 2.05) is 0 Å². The Bertz CT molecular complexity index is 659. The third kappa shape index (κ3) is 5.51. The molecule has 0 atom stereocenters. The third-order valence-electron chi connectivity index (χ3n) is 2.46. The van der Waals surface area contributed by atoms with Crippen molar-refractivity contribution >= 4 is 15.9 Å². The molecule has 0 spiro atoms. The topological polar surface area (TPSA) is 99.6 Å². The van der Waals surface area contributed by atoms with Crippen LogP contribution < -0.4 is 4.72 Å². The normalized spacial score (nSPS) is 10.6. The Balaban J connectivity index is 2.76. The molecule has 0 unspecified atom stereocenters. The lowest BCUT2D eigenvalue weighted by atomic mass is 10.3. The van der Waals surface area contributed by atoms with Crippen LogP contribution in [0.2, 0.25) is 0 Å². The predicted molar refractivity (Wildman–Crippen MR) is 76.7 cm³/mol. The summed E-state index contributed by atoms with van der Waals surface area (Å²) in [6, 6.07) is 1.35. The van der Waals surface area contributed by atoms with Gasteiger partial charge in [0.1, 0.15) is 11.5 Å². The zero-order valence-corrected chi connectivity index (χ0v) is 12.6. The maximum atomic E-state index is 12.0. The second kappa shape index (κ2) is 7.73. The molecule has 0 aromatic carbocycles. The van der Waals surface area contributed by atoms with Crippen LogP contribution in [0.1, 0.15) is 12.0 Å². The number of sulfonamides is 1. The number of nitrogens with one attached hydrogen (secondary N) is 1. The largest absolute Gasteiger partial charge is 0.384 e. The molecule has 0 saturated heterocycles. The van der Waals surface area contributed by atoms with Gasteiger partial charge in [0.15, 0.2) is 0 Å². The molecule has 7 nitrogen and oxygen atoms in total. The number of hydrogen-bond acceptors (Lipinski definition) is 5. The highest BCUT2D eigenvalue weighted by Gasteiger charge is 2.15. The lowest BCUT2D eigenvalue weighted by Crippen LogP contribution is -2.30. The van der Waals surface area contributed by atoms with Gasteiger partial charge in [0.2, 0.25) is 15.9 Å². The van der Waals surface area contributed by atoms with Gasteiger partial charge in [-0.15, -0.1) is 0 Å². The Kier molecular flexibility index (Phi) is 6.30. The number of hydrogen-bond donors (Lipinski definition) is 2. The van der Waals surface area contributed by atoms with Gasteiger partial charge in [0.25, 0.3) is 0 Å². The number of aromatic nitrogens is 1. The van der Waals surface area contributed by atoms with Crippen molar-refractivity contribution in [3.63, 3.8) is 0 Å². The maximum absolute atomic E-state index is 12.0. The molecule has 1 aromatic heterocycles. The average Bonchev–Trinajstić information content (AvgIpc) is 2.45. The molecule has 0 aliphatic heterocycles. The highest BCUT2D eigenvalue weighted by atomic mass is 32.2. The Morgan fingerprint density at radius 1 is 1.43 bits per heavy atom. The van der Waals surface area contributed by atoms with Gasteiger partial charge in [0.05, 0.1) is 0 Å². The number of aliphatic hydroxyl groups excluding tert-OH is 1. The Morgan fingerprint density at radius 2 is 2.14 bits per heavy atom. The van der Waals surface area contributed by atoms with Crippen molar-refractivity contribution in [3.8, 4) is 11.8 Å². The minimum Gasteiger partial charge on any atom is -0.384 e. The van der Waals surface area contributed by atoms with E-state index in [0.717, 1.165) is 0 Å². The molecule has 0 saturated carbocycles. The first-order chi connectivity index (χ1) is 9.86. The third-order valence-corrected chi connectivity index (χ3v) is 3.89. The Labute approximate surface area is 124 Å². The number of amides is 1. The first-order valence-electron chi connectivity index (χ1n) is 6.11. The van der Waals surface area contributed by atoms with Crippen molar-refractivity contribution in [2.75, 3.05) is 27.2 Å². The lowest BCUT2D eigenvalue weighted by Gasteiger charge is -2.10. The average molecular weight is 311 g/mol. The lowest BCUT2D eigenvalue weighted by molar-refractivity contribution is -0.128. The fraction of sp³-hybridized carbons (Fsp3) is 0.385. The molecule has 8 heteroatoms. The summed E-state index contributed by atoms with van der Waals surface area (Å²) in [5, 5.41) is 8.61. The maximum Gasteiger partial charge on any atom is 0.242 e. The molecule has 0 aliphatic rings. The van der Waals surface area contributed by atoms with Crippen LogP contribution in [0.15, 0.2) is 23.4 Å². The number of nitrogens with zero attached hydrogens (tertiary/aromatic N) is 2. The number of aliphatic hydroxyl groups is 1. The second-order valence-electron chi connectivity index (χ2n) is 4.31. The molecule has 21 heavy (non-hydrogen) atoms. The molecule has 1 amide bonds. The molecule has 0 bridgehead atoms. The number of carbonyl (C=O) groups excluding carboxylic acids is 1. The summed E-state index contributed by atoms with van der Waals surface area (Å²) in [6.45, 7) is -0.312. The Morgan fingerprint density at radius 3 is 2.76 bits per heavy atom. The molecule has 1 aromatic rings. The van der Waals surface area contributed by atoms with Gasteiger partial charge in [-0.3, -0.25) is 9.78 Å². The summed E-state index contributed by atoms with van der Waals surface area (Å²) >= 11 is 0. The van der Waals surface area contributed by atoms with Crippen LogP contribution in [-0.2, 0) is 14.8 Å². The summed E-state index contributed by atoms with van der Waals surface area (Å²) in [4.78, 5) is 16.5. The minimum atomic E-state index is -3.74. The van der Waals surface area contributed by atoms with Crippen LogP contribution in [0.3, 0.4) is 0 Å². The quantitative estimate of drug-likeness (QED) is 0.692. The van der Waals surface area contributed by atoms with Crippen LogP contribution in [0.25, 0.3) is 0 Å². The number of pyridine rings is 1. The summed E-state index contributed by atoms with van der Waals surface area (Å²) in [5.41, 5.74) is 0.385. The van der Waals surface area contributed by atoms with Gasteiger partial charge >= 0.3 is 0 Å². The smallest absolute Gasteiger partial charge is 0.242 e. The van der Waals surface area contributed by atoms with Crippen LogP contribution in [0.4, 0.5) is 0 Å². The van der Waals surface area contributed by atoms with E-state index < -0.39 is 10.0 Å². The molecule has 0 radical (unpaired) electrons. The molecular weight excluding hydrogens is 294 g/mol. The van der Waals surface area contributed by atoms with E-state index in [-0.39, 0.29) is 30.4 Å². The SMILES string of the molecule is CN(C)C(=O)CCNS(=O)(=O)c1cncc(C#CCO)c1. The number of carbonyl (C=O) groups is 1. The van der Waals surface area contributed by atoms with Gasteiger partial charge in [0, 0.05) is 45.0 Å². The second-order valence-corrected chi connectivity index (χ2v) is 6.07. The molecule has 1 heterocycles. The van der Waals surface area contributed by atoms with Gasteiger partial charge in [-0.25, -0.2) is 13.1 Å². The van der Waals surface area contributed by atoms with E-state index in [9.17, 15) is 13.2 Å². The zero-order chi connectivity index (χ0) is 15.9. The molecular formula is C13H17N3O4S. The molecule has 2 N–H and O–H groups in total. The summed E-state index contributed by atoms with van der Waals surface area (Å²) in [5.74, 6) is 4.83. The monoisotopic (exact) mass is 311 g/mol. The van der Waals surface area contributed by atoms with Crippen LogP contribution in [0, 0.1) is 11.8 Å². The standard InChI is InChI=1S/C13H17N3O4S/c1-16(2)13(18)5-6-15-21(19,20)12-8-11(4-3-7-17)9-14-10-12/h8-10,15,17H,5-7H2,1-2H3. The predicted octanol–water partition coefficient (Wildman–Crippen LogP) is -0.818. The molecule has 1 rings (SSSR count). The first kappa shape index (κ1) is 17.1. The highest BCUT2D eigenvalue weighted by Crippen LogP contribution is 2.08. The van der Waals surface area contributed by atoms with Crippen molar-refractivity contribution in [3.05, 3.63) is 24.0 Å². The van der Waals surface area contributed by atoms with Crippen molar-refractivity contribution in [2.24, 2.45) is 0 Å². The van der Waals surface area contributed by atoms with Crippen LogP contribution in [0.5, 0.6) is 0 Å². The highest BCUT2D eigenvalue weighted by molar-refractivity contribution is 7.89. The minimum absolute atomic E-state index is 0.00585. The number of rotatable bonds is 5. The van der Waals surface area contributed by atoms with Gasteiger partial charge in [-0.05, 0) is 6.07 Å². The summed E-state index contributed by atoms with van der Waals surface area (Å²) in [7, 11) is -0.540. The van der Waals surface area contributed by atoms with Crippen molar-refractivity contribution in [2.45, 2.75) is 11.3 Å². The van der Waals surface area contributed by atoms with Crippen molar-refractivity contribution in [1.29, 1.82) is 0 Å². The van der Waals surface area contributed by atoms with E-state index in [4.69, 9.17) is 5.11 Å².